The molecule has 0 aromatic heterocycles. The van der Waals surface area contributed by atoms with Crippen molar-refractivity contribution in [3.05, 3.63) is 88.0 Å². The van der Waals surface area contributed by atoms with Crippen molar-refractivity contribution < 1.29 is 23.9 Å². The second-order valence-corrected chi connectivity index (χ2v) is 6.04. The number of hydrogen-bond acceptors (Lipinski definition) is 6. The first-order chi connectivity index (χ1) is 13.6. The van der Waals surface area contributed by atoms with Crippen LogP contribution in [-0.4, -0.2) is 23.9 Å². The van der Waals surface area contributed by atoms with Gasteiger partial charge in [0.05, 0.1) is 4.92 Å². The molecule has 7 nitrogen and oxygen atoms in total. The number of nitro benzene ring substituents is 1. The van der Waals surface area contributed by atoms with Crippen molar-refractivity contribution >= 4 is 11.5 Å². The Kier molecular flexibility index (Phi) is 4.63. The van der Waals surface area contributed by atoms with E-state index in [1.165, 1.54) is 18.2 Å². The third-order valence-corrected chi connectivity index (χ3v) is 4.20. The molecule has 1 aliphatic rings. The second kappa shape index (κ2) is 7.40. The summed E-state index contributed by atoms with van der Waals surface area (Å²) in [7, 11) is 0. The highest BCUT2D eigenvalue weighted by Crippen LogP contribution is 2.38. The van der Waals surface area contributed by atoms with E-state index in [1.807, 2.05) is 0 Å². The van der Waals surface area contributed by atoms with Crippen molar-refractivity contribution in [2.24, 2.45) is 0 Å². The van der Waals surface area contributed by atoms with Crippen LogP contribution in [0.4, 0.5) is 5.69 Å². The van der Waals surface area contributed by atoms with Crippen LogP contribution in [0.5, 0.6) is 23.0 Å². The maximum atomic E-state index is 12.6. The van der Waals surface area contributed by atoms with Crippen LogP contribution in [-0.2, 0) is 0 Å². The highest BCUT2D eigenvalue weighted by Gasteiger charge is 2.21. The van der Waals surface area contributed by atoms with E-state index >= 15 is 0 Å². The highest BCUT2D eigenvalue weighted by molar-refractivity contribution is 6.09. The first kappa shape index (κ1) is 17.5. The lowest BCUT2D eigenvalue weighted by Gasteiger charge is -2.18. The number of benzene rings is 3. The molecule has 0 unspecified atom stereocenters. The molecule has 3 aromatic carbocycles. The Morgan fingerprint density at radius 3 is 2.39 bits per heavy atom. The van der Waals surface area contributed by atoms with Crippen molar-refractivity contribution in [2.45, 2.75) is 0 Å². The molecule has 1 heterocycles. The largest absolute Gasteiger partial charge is 0.486 e. The maximum absolute atomic E-state index is 12.6. The van der Waals surface area contributed by atoms with E-state index in [9.17, 15) is 14.9 Å². The van der Waals surface area contributed by atoms with Gasteiger partial charge < -0.3 is 14.2 Å². The van der Waals surface area contributed by atoms with Crippen LogP contribution in [0.3, 0.4) is 0 Å². The molecule has 0 amide bonds. The van der Waals surface area contributed by atoms with Crippen molar-refractivity contribution in [3.63, 3.8) is 0 Å². The van der Waals surface area contributed by atoms with Crippen LogP contribution >= 0.6 is 0 Å². The molecule has 0 saturated heterocycles. The van der Waals surface area contributed by atoms with E-state index < -0.39 is 4.92 Å². The zero-order chi connectivity index (χ0) is 19.5. The van der Waals surface area contributed by atoms with Crippen LogP contribution in [0, 0.1) is 10.1 Å². The van der Waals surface area contributed by atoms with Crippen LogP contribution in [0.1, 0.15) is 15.9 Å². The number of ketones is 1. The van der Waals surface area contributed by atoms with Crippen LogP contribution in [0.25, 0.3) is 0 Å². The van der Waals surface area contributed by atoms with E-state index in [-0.39, 0.29) is 22.8 Å². The van der Waals surface area contributed by atoms with Gasteiger partial charge in [0.1, 0.15) is 19.0 Å². The molecular weight excluding hydrogens is 362 g/mol. The molecule has 0 aliphatic carbocycles. The number of rotatable bonds is 5. The van der Waals surface area contributed by atoms with E-state index in [0.717, 1.165) is 0 Å². The van der Waals surface area contributed by atoms with Crippen LogP contribution in [0.15, 0.2) is 66.7 Å². The normalized spacial score (nSPS) is 12.3. The lowest BCUT2D eigenvalue weighted by molar-refractivity contribution is -0.385. The van der Waals surface area contributed by atoms with Gasteiger partial charge in [-0.2, -0.15) is 0 Å². The molecule has 1 aliphatic heterocycles. The summed E-state index contributed by atoms with van der Waals surface area (Å²) in [6.07, 6.45) is 0. The number of carbonyl (C=O) groups excluding carboxylic acids is 1. The third kappa shape index (κ3) is 3.50. The first-order valence-corrected chi connectivity index (χ1v) is 8.57. The molecular formula is C21H15NO6. The Morgan fingerprint density at radius 2 is 1.64 bits per heavy atom. The van der Waals surface area contributed by atoms with Crippen molar-refractivity contribution in [2.75, 3.05) is 13.2 Å². The average Bonchev–Trinajstić information content (AvgIpc) is 2.74. The summed E-state index contributed by atoms with van der Waals surface area (Å²) in [5.74, 6) is 1.22. The Bertz CT molecular complexity index is 1050. The standard InChI is InChI=1S/C21H15NO6/c23-21(14-4-2-1-3-5-14)15-6-8-18(17(12-15)22(24)25)28-16-7-9-19-20(13-16)27-11-10-26-19/h1-9,12-13H,10-11H2. The lowest BCUT2D eigenvalue weighted by Crippen LogP contribution is -2.15. The van der Waals surface area contributed by atoms with E-state index in [1.54, 1.807) is 48.5 Å². The minimum Gasteiger partial charge on any atom is -0.486 e. The first-order valence-electron chi connectivity index (χ1n) is 8.57. The van der Waals surface area contributed by atoms with Crippen molar-refractivity contribution in [1.82, 2.24) is 0 Å². The zero-order valence-electron chi connectivity index (χ0n) is 14.7. The predicted octanol–water partition coefficient (Wildman–Crippen LogP) is 4.39. The summed E-state index contributed by atoms with van der Waals surface area (Å²) >= 11 is 0. The summed E-state index contributed by atoms with van der Waals surface area (Å²) in [6.45, 7) is 0.891. The van der Waals surface area contributed by atoms with Gasteiger partial charge in [0, 0.05) is 23.3 Å². The minimum atomic E-state index is -0.574. The zero-order valence-corrected chi connectivity index (χ0v) is 14.7. The summed E-state index contributed by atoms with van der Waals surface area (Å²) in [4.78, 5) is 23.5. The smallest absolute Gasteiger partial charge is 0.312 e. The van der Waals surface area contributed by atoms with Gasteiger partial charge in [0.15, 0.2) is 17.3 Å². The van der Waals surface area contributed by atoms with Gasteiger partial charge in [-0.1, -0.05) is 30.3 Å². The quantitative estimate of drug-likeness (QED) is 0.372. The maximum Gasteiger partial charge on any atom is 0.312 e. The van der Waals surface area contributed by atoms with Gasteiger partial charge in [-0.3, -0.25) is 14.9 Å². The Balaban J connectivity index is 1.64. The van der Waals surface area contributed by atoms with Crippen molar-refractivity contribution in [1.29, 1.82) is 0 Å². The Labute approximate surface area is 160 Å². The fourth-order valence-corrected chi connectivity index (χ4v) is 2.86. The minimum absolute atomic E-state index is 0.0336. The molecule has 0 radical (unpaired) electrons. The summed E-state index contributed by atoms with van der Waals surface area (Å²) in [5.41, 5.74) is 0.376. The number of hydrogen-bond donors (Lipinski definition) is 0. The van der Waals surface area contributed by atoms with Gasteiger partial charge >= 0.3 is 5.69 Å². The molecule has 4 rings (SSSR count). The van der Waals surface area contributed by atoms with E-state index in [2.05, 4.69) is 0 Å². The molecule has 28 heavy (non-hydrogen) atoms. The van der Waals surface area contributed by atoms with Gasteiger partial charge in [-0.05, 0) is 24.3 Å². The van der Waals surface area contributed by atoms with Gasteiger partial charge in [0.2, 0.25) is 5.75 Å². The Hall–Kier alpha value is -3.87. The number of fused-ring (bicyclic) bond motifs is 1. The molecule has 7 heteroatoms. The number of nitrogens with zero attached hydrogens (tertiary/aromatic N) is 1. The molecule has 0 bridgehead atoms. The SMILES string of the molecule is O=C(c1ccccc1)c1ccc(Oc2ccc3c(c2)OCCO3)c([N+](=O)[O-])c1. The third-order valence-electron chi connectivity index (χ3n) is 4.20. The number of nitro groups is 1. The molecule has 140 valence electrons. The van der Waals surface area contributed by atoms with E-state index in [0.29, 0.717) is 36.0 Å². The number of carbonyl (C=O) groups is 1. The van der Waals surface area contributed by atoms with Crippen LogP contribution < -0.4 is 14.2 Å². The van der Waals surface area contributed by atoms with Crippen LogP contribution in [0.2, 0.25) is 0 Å². The molecule has 0 saturated carbocycles. The summed E-state index contributed by atoms with van der Waals surface area (Å²) in [6, 6.07) is 17.7. The fraction of sp³-hybridized carbons (Fsp3) is 0.0952. The van der Waals surface area contributed by atoms with Gasteiger partial charge in [-0.15, -0.1) is 0 Å². The molecule has 3 aromatic rings. The second-order valence-electron chi connectivity index (χ2n) is 6.04. The Morgan fingerprint density at radius 1 is 0.893 bits per heavy atom. The molecule has 0 N–H and O–H groups in total. The van der Waals surface area contributed by atoms with Crippen molar-refractivity contribution in [3.8, 4) is 23.0 Å². The summed E-state index contributed by atoms with van der Waals surface area (Å²) < 4.78 is 16.6. The molecule has 0 fully saturated rings. The van der Waals surface area contributed by atoms with E-state index in [4.69, 9.17) is 14.2 Å². The predicted molar refractivity (Wildman–Crippen MR) is 100 cm³/mol. The lowest BCUT2D eigenvalue weighted by atomic mass is 10.0. The summed E-state index contributed by atoms with van der Waals surface area (Å²) in [5, 5.41) is 11.5. The molecule has 0 atom stereocenters. The average molecular weight is 377 g/mol. The van der Waals surface area contributed by atoms with Gasteiger partial charge in [0.25, 0.3) is 0 Å². The van der Waals surface area contributed by atoms with Gasteiger partial charge in [-0.25, -0.2) is 0 Å². The number of ether oxygens (including phenoxy) is 3. The monoisotopic (exact) mass is 377 g/mol. The molecule has 0 spiro atoms. The fourth-order valence-electron chi connectivity index (χ4n) is 2.86. The topological polar surface area (TPSA) is 87.9 Å². The highest BCUT2D eigenvalue weighted by atomic mass is 16.6.